The minimum absolute atomic E-state index is 0.0566. The highest BCUT2D eigenvalue weighted by Gasteiger charge is 2.25. The van der Waals surface area contributed by atoms with Crippen LogP contribution in [0.25, 0.3) is 55.4 Å². The lowest BCUT2D eigenvalue weighted by Crippen LogP contribution is -2.28. The Labute approximate surface area is 209 Å². The zero-order chi connectivity index (χ0) is 24.1. The van der Waals surface area contributed by atoms with Gasteiger partial charge in [-0.3, -0.25) is 14.9 Å². The lowest BCUT2D eigenvalue weighted by atomic mass is 9.85. The molecule has 6 heterocycles. The summed E-state index contributed by atoms with van der Waals surface area (Å²) in [6, 6.07) is 11.8. The number of hydrogen-bond acceptors (Lipinski definition) is 7. The summed E-state index contributed by atoms with van der Waals surface area (Å²) in [6.07, 6.45) is 8.20. The van der Waals surface area contributed by atoms with Crippen molar-refractivity contribution in [3.63, 3.8) is 0 Å². The van der Waals surface area contributed by atoms with Gasteiger partial charge >= 0.3 is 0 Å². The summed E-state index contributed by atoms with van der Waals surface area (Å²) in [5, 5.41) is 12.6. The van der Waals surface area contributed by atoms with Gasteiger partial charge in [0.15, 0.2) is 17.2 Å². The quantitative estimate of drug-likeness (QED) is 0.295. The largest absolute Gasteiger partial charge is 0.324 e. The predicted molar refractivity (Wildman–Crippen MR) is 139 cm³/mol. The van der Waals surface area contributed by atoms with Gasteiger partial charge in [0.05, 0.1) is 23.1 Å². The molecule has 7 rings (SSSR count). The van der Waals surface area contributed by atoms with Crippen LogP contribution >= 0.6 is 11.3 Å². The number of hydrogen-bond donors (Lipinski definition) is 3. The zero-order valence-electron chi connectivity index (χ0n) is 19.0. The van der Waals surface area contributed by atoms with E-state index in [0.717, 1.165) is 52.0 Å². The third-order valence-electron chi connectivity index (χ3n) is 6.58. The number of nitrogens with zero attached hydrogens (tertiary/aromatic N) is 5. The lowest BCUT2D eigenvalue weighted by Gasteiger charge is -2.24. The Morgan fingerprint density at radius 2 is 2.03 bits per heavy atom. The maximum absolute atomic E-state index is 12.4. The smallest absolute Gasteiger partial charge is 0.227 e. The lowest BCUT2D eigenvalue weighted by molar-refractivity contribution is -0.122. The second-order valence-electron chi connectivity index (χ2n) is 8.86. The van der Waals surface area contributed by atoms with Gasteiger partial charge in [0.2, 0.25) is 5.91 Å². The Hall–Kier alpha value is -4.44. The molecule has 1 aliphatic rings. The summed E-state index contributed by atoms with van der Waals surface area (Å²) >= 11 is 1.66. The molecule has 6 aromatic rings. The number of aromatic nitrogens is 7. The van der Waals surface area contributed by atoms with Gasteiger partial charge < -0.3 is 10.3 Å². The Kier molecular flexibility index (Phi) is 4.84. The summed E-state index contributed by atoms with van der Waals surface area (Å²) in [6.45, 7) is 0. The molecule has 1 fully saturated rings. The molecule has 0 bridgehead atoms. The van der Waals surface area contributed by atoms with Gasteiger partial charge in [0.25, 0.3) is 0 Å². The monoisotopic (exact) mass is 492 g/mol. The van der Waals surface area contributed by atoms with E-state index in [-0.39, 0.29) is 11.8 Å². The first kappa shape index (κ1) is 20.9. The molecule has 10 heteroatoms. The Bertz CT molecular complexity index is 1730. The minimum Gasteiger partial charge on any atom is -0.324 e. The zero-order valence-corrected chi connectivity index (χ0v) is 19.8. The van der Waals surface area contributed by atoms with Crippen LogP contribution in [-0.4, -0.2) is 41.0 Å². The van der Waals surface area contributed by atoms with E-state index in [4.69, 9.17) is 9.97 Å². The van der Waals surface area contributed by atoms with Crippen LogP contribution in [0.15, 0.2) is 60.4 Å². The van der Waals surface area contributed by atoms with Gasteiger partial charge in [0.1, 0.15) is 11.0 Å². The van der Waals surface area contributed by atoms with Gasteiger partial charge in [0, 0.05) is 34.3 Å². The normalized spacial score (nSPS) is 13.8. The Morgan fingerprint density at radius 1 is 1.08 bits per heavy atom. The topological polar surface area (TPSA) is 125 Å². The fourth-order valence-corrected chi connectivity index (χ4v) is 5.19. The first-order valence-electron chi connectivity index (χ1n) is 11.7. The van der Waals surface area contributed by atoms with E-state index in [0.29, 0.717) is 28.4 Å². The third-order valence-corrected chi connectivity index (χ3v) is 7.48. The van der Waals surface area contributed by atoms with Gasteiger partial charge in [-0.1, -0.05) is 12.5 Å². The van der Waals surface area contributed by atoms with Crippen molar-refractivity contribution in [1.82, 2.24) is 35.1 Å². The van der Waals surface area contributed by atoms with Crippen molar-refractivity contribution in [1.29, 1.82) is 0 Å². The van der Waals surface area contributed by atoms with Gasteiger partial charge in [-0.2, -0.15) is 5.10 Å². The highest BCUT2D eigenvalue weighted by molar-refractivity contribution is 7.13. The third kappa shape index (κ3) is 3.54. The summed E-state index contributed by atoms with van der Waals surface area (Å²) in [5.74, 6) is 0.758. The summed E-state index contributed by atoms with van der Waals surface area (Å²) < 4.78 is 0. The molecule has 0 aliphatic heterocycles. The van der Waals surface area contributed by atoms with E-state index in [1.807, 2.05) is 35.7 Å². The number of fused-ring (bicyclic) bond motifs is 2. The van der Waals surface area contributed by atoms with E-state index in [9.17, 15) is 4.79 Å². The number of amides is 1. The molecule has 1 amide bonds. The number of pyridine rings is 3. The highest BCUT2D eigenvalue weighted by Crippen LogP contribution is 2.33. The van der Waals surface area contributed by atoms with E-state index < -0.39 is 0 Å². The number of nitrogens with one attached hydrogen (secondary N) is 3. The average Bonchev–Trinajstić information content (AvgIpc) is 3.61. The van der Waals surface area contributed by atoms with E-state index in [1.165, 1.54) is 0 Å². The van der Waals surface area contributed by atoms with E-state index >= 15 is 0 Å². The van der Waals surface area contributed by atoms with Crippen molar-refractivity contribution >= 4 is 45.1 Å². The van der Waals surface area contributed by atoms with Crippen LogP contribution in [0.1, 0.15) is 19.3 Å². The molecule has 9 nitrogen and oxygen atoms in total. The molecule has 176 valence electrons. The molecule has 0 spiro atoms. The van der Waals surface area contributed by atoms with Crippen molar-refractivity contribution in [2.45, 2.75) is 19.3 Å². The van der Waals surface area contributed by atoms with Crippen LogP contribution < -0.4 is 5.32 Å². The molecule has 1 aliphatic carbocycles. The second kappa shape index (κ2) is 8.35. The molecule has 0 unspecified atom stereocenters. The Morgan fingerprint density at radius 3 is 2.86 bits per heavy atom. The van der Waals surface area contributed by atoms with Crippen molar-refractivity contribution in [3.8, 4) is 33.2 Å². The van der Waals surface area contributed by atoms with Crippen LogP contribution in [0.3, 0.4) is 0 Å². The second-order valence-corrected chi connectivity index (χ2v) is 9.81. The van der Waals surface area contributed by atoms with Gasteiger partial charge in [-0.25, -0.2) is 15.0 Å². The average molecular weight is 493 g/mol. The molecule has 6 aromatic heterocycles. The van der Waals surface area contributed by atoms with Crippen molar-refractivity contribution in [2.24, 2.45) is 5.92 Å². The van der Waals surface area contributed by atoms with Crippen LogP contribution in [-0.2, 0) is 4.79 Å². The number of H-pyrrole nitrogens is 2. The SMILES string of the molecule is O=C(Nc1cncc(-c2ccc3[nH]nc(-c4nc5c(-c6cccs6)ccnc5[nH]4)c3n2)c1)C1CCC1. The summed E-state index contributed by atoms with van der Waals surface area (Å²) in [7, 11) is 0. The Balaban J connectivity index is 1.26. The maximum atomic E-state index is 12.4. The minimum atomic E-state index is 0.0566. The first-order valence-corrected chi connectivity index (χ1v) is 12.6. The highest BCUT2D eigenvalue weighted by atomic mass is 32.1. The number of imidazole rings is 1. The molecular weight excluding hydrogens is 472 g/mol. The molecule has 3 N–H and O–H groups in total. The number of carbonyl (C=O) groups excluding carboxylic acids is 1. The standard InChI is InChI=1S/C26H20N8OS/c35-26(14-3-1-4-14)29-16-11-15(12-27-13-16)18-6-7-19-22(30-18)23(34-33-19)25-31-21-17(20-5-2-10-36-20)8-9-28-24(21)32-25/h2,5-14H,1,3-4H2,(H,29,35)(H,33,34)(H,28,31,32). The fourth-order valence-electron chi connectivity index (χ4n) is 4.44. The van der Waals surface area contributed by atoms with Crippen molar-refractivity contribution < 1.29 is 4.79 Å². The predicted octanol–water partition coefficient (Wildman–Crippen LogP) is 5.43. The van der Waals surface area contributed by atoms with Crippen LogP contribution in [0.2, 0.25) is 0 Å². The molecule has 1 saturated carbocycles. The van der Waals surface area contributed by atoms with Crippen molar-refractivity contribution in [2.75, 3.05) is 5.32 Å². The molecule has 0 radical (unpaired) electrons. The molecular formula is C26H20N8OS. The first-order chi connectivity index (χ1) is 17.7. The van der Waals surface area contributed by atoms with Crippen LogP contribution in [0.4, 0.5) is 5.69 Å². The molecule has 0 atom stereocenters. The molecule has 0 saturated heterocycles. The fraction of sp³-hybridized carbons (Fsp3) is 0.154. The maximum Gasteiger partial charge on any atom is 0.227 e. The number of aromatic amines is 2. The van der Waals surface area contributed by atoms with Gasteiger partial charge in [-0.05, 0) is 48.6 Å². The van der Waals surface area contributed by atoms with E-state index in [2.05, 4.69) is 36.5 Å². The summed E-state index contributed by atoms with van der Waals surface area (Å²) in [4.78, 5) is 35.3. The van der Waals surface area contributed by atoms with Crippen molar-refractivity contribution in [3.05, 3.63) is 60.4 Å². The molecule has 0 aromatic carbocycles. The number of anilines is 1. The number of carbonyl (C=O) groups is 1. The molecule has 36 heavy (non-hydrogen) atoms. The summed E-state index contributed by atoms with van der Waals surface area (Å²) in [5.41, 5.74) is 6.82. The van der Waals surface area contributed by atoms with Crippen LogP contribution in [0.5, 0.6) is 0 Å². The number of thiophene rings is 1. The number of rotatable bonds is 5. The van der Waals surface area contributed by atoms with Gasteiger partial charge in [-0.15, -0.1) is 11.3 Å². The van der Waals surface area contributed by atoms with E-state index in [1.54, 1.807) is 29.9 Å². The van der Waals surface area contributed by atoms with Crippen LogP contribution in [0, 0.1) is 5.92 Å².